The summed E-state index contributed by atoms with van der Waals surface area (Å²) in [5, 5.41) is 11.7. The van der Waals surface area contributed by atoms with E-state index in [2.05, 4.69) is 22.0 Å². The van der Waals surface area contributed by atoms with Crippen molar-refractivity contribution in [2.24, 2.45) is 0 Å². The number of morpholine rings is 1. The molecule has 1 N–H and O–H groups in total. The third kappa shape index (κ3) is 3.47. The second-order valence-corrected chi connectivity index (χ2v) is 8.66. The quantitative estimate of drug-likeness (QED) is 0.735. The normalized spacial score (nSPS) is 18.0. The van der Waals surface area contributed by atoms with Crippen LogP contribution in [0.3, 0.4) is 0 Å². The first-order valence-electron chi connectivity index (χ1n) is 8.68. The summed E-state index contributed by atoms with van der Waals surface area (Å²) in [5.74, 6) is 0.884. The van der Waals surface area contributed by atoms with E-state index in [-0.39, 0.29) is 10.9 Å². The Morgan fingerprint density at radius 2 is 2.07 bits per heavy atom. The number of aromatic amines is 1. The van der Waals surface area contributed by atoms with E-state index in [1.807, 2.05) is 18.2 Å². The Kier molecular flexibility index (Phi) is 4.48. The van der Waals surface area contributed by atoms with Gasteiger partial charge in [0.25, 0.3) is 0 Å². The summed E-state index contributed by atoms with van der Waals surface area (Å²) in [5.41, 5.74) is 2.14. The van der Waals surface area contributed by atoms with Crippen LogP contribution in [0.5, 0.6) is 0 Å². The molecule has 0 spiro atoms. The Morgan fingerprint density at radius 1 is 1.22 bits per heavy atom. The number of sulfone groups is 1. The lowest BCUT2D eigenvalue weighted by Gasteiger charge is -2.35. The van der Waals surface area contributed by atoms with E-state index in [1.54, 1.807) is 29.1 Å². The predicted octanol–water partition coefficient (Wildman–Crippen LogP) is 1.89. The van der Waals surface area contributed by atoms with Gasteiger partial charge in [0.15, 0.2) is 9.84 Å². The van der Waals surface area contributed by atoms with Crippen LogP contribution >= 0.6 is 0 Å². The molecule has 0 unspecified atom stereocenters. The highest BCUT2D eigenvalue weighted by Crippen LogP contribution is 2.29. The van der Waals surface area contributed by atoms with Gasteiger partial charge in [-0.15, -0.1) is 0 Å². The fourth-order valence-electron chi connectivity index (χ4n) is 3.21. The van der Waals surface area contributed by atoms with Gasteiger partial charge in [0.2, 0.25) is 0 Å². The first-order valence-corrected chi connectivity index (χ1v) is 10.6. The van der Waals surface area contributed by atoms with E-state index < -0.39 is 9.84 Å². The summed E-state index contributed by atoms with van der Waals surface area (Å²) in [4.78, 5) is 2.48. The molecule has 1 aliphatic heterocycles. The van der Waals surface area contributed by atoms with Crippen molar-refractivity contribution in [3.63, 3.8) is 0 Å². The first kappa shape index (κ1) is 17.7. The van der Waals surface area contributed by atoms with Crippen LogP contribution in [0.15, 0.2) is 47.5 Å². The topological polar surface area (TPSA) is 93.1 Å². The summed E-state index contributed by atoms with van der Waals surface area (Å²) in [6.07, 6.45) is 2.95. The molecule has 1 saturated heterocycles. The molecular weight excluding hydrogens is 366 g/mol. The van der Waals surface area contributed by atoms with Crippen molar-refractivity contribution in [3.05, 3.63) is 42.6 Å². The molecule has 8 nitrogen and oxygen atoms in total. The Labute approximate surface area is 157 Å². The number of anilines is 1. The molecule has 142 valence electrons. The number of hydrogen-bond donors (Lipinski definition) is 1. The van der Waals surface area contributed by atoms with Gasteiger partial charge in [-0.2, -0.15) is 10.2 Å². The lowest BCUT2D eigenvalue weighted by Crippen LogP contribution is -2.44. The van der Waals surface area contributed by atoms with Crippen LogP contribution in [0, 0.1) is 0 Å². The first-order chi connectivity index (χ1) is 12.9. The van der Waals surface area contributed by atoms with Gasteiger partial charge in [0, 0.05) is 25.1 Å². The second-order valence-electron chi connectivity index (χ2n) is 6.65. The van der Waals surface area contributed by atoms with E-state index in [4.69, 9.17) is 9.84 Å². The Balaban J connectivity index is 1.86. The fraction of sp³-hybridized carbons (Fsp3) is 0.333. The zero-order valence-electron chi connectivity index (χ0n) is 15.2. The van der Waals surface area contributed by atoms with Crippen LogP contribution in [0.4, 0.5) is 5.82 Å². The number of nitrogens with zero attached hydrogens (tertiary/aromatic N) is 4. The number of ether oxygens (including phenoxy) is 1. The molecule has 3 heterocycles. The average molecular weight is 387 g/mol. The summed E-state index contributed by atoms with van der Waals surface area (Å²) in [6, 6.07) is 10.8. The smallest absolute Gasteiger partial charge is 0.175 e. The molecule has 1 fully saturated rings. The molecule has 1 aromatic carbocycles. The van der Waals surface area contributed by atoms with Gasteiger partial charge in [-0.25, -0.2) is 13.1 Å². The van der Waals surface area contributed by atoms with Gasteiger partial charge in [-0.05, 0) is 31.2 Å². The van der Waals surface area contributed by atoms with Crippen LogP contribution in [0.2, 0.25) is 0 Å². The standard InChI is InChI=1S/C18H21N5O3S/c1-13-12-26-9-8-22(13)18-11-17(16-6-7-19-20-16)21-23(18)14-4-3-5-15(10-14)27(2,24)25/h3-7,10-11,13H,8-9,12H2,1-2H3,(H,19,20)/t13-/m1/s1. The molecule has 0 aliphatic carbocycles. The zero-order valence-corrected chi connectivity index (χ0v) is 16.0. The molecule has 1 aliphatic rings. The monoisotopic (exact) mass is 387 g/mol. The van der Waals surface area contributed by atoms with Gasteiger partial charge in [-0.3, -0.25) is 5.10 Å². The zero-order chi connectivity index (χ0) is 19.0. The molecular formula is C18H21N5O3S. The lowest BCUT2D eigenvalue weighted by molar-refractivity contribution is 0.0983. The van der Waals surface area contributed by atoms with Crippen molar-refractivity contribution in [3.8, 4) is 17.1 Å². The van der Waals surface area contributed by atoms with Crippen LogP contribution in [0.1, 0.15) is 6.92 Å². The fourth-order valence-corrected chi connectivity index (χ4v) is 3.87. The van der Waals surface area contributed by atoms with Gasteiger partial charge >= 0.3 is 0 Å². The molecule has 2 aromatic heterocycles. The van der Waals surface area contributed by atoms with Crippen molar-refractivity contribution in [2.75, 3.05) is 30.9 Å². The molecule has 4 rings (SSSR count). The summed E-state index contributed by atoms with van der Waals surface area (Å²) < 4.78 is 31.3. The molecule has 0 radical (unpaired) electrons. The van der Waals surface area contributed by atoms with Crippen LogP contribution in [-0.2, 0) is 14.6 Å². The Bertz CT molecular complexity index is 1040. The molecule has 1 atom stereocenters. The van der Waals surface area contributed by atoms with Gasteiger partial charge in [0.05, 0.1) is 29.8 Å². The maximum Gasteiger partial charge on any atom is 0.175 e. The van der Waals surface area contributed by atoms with E-state index in [9.17, 15) is 8.42 Å². The van der Waals surface area contributed by atoms with Gasteiger partial charge in [0.1, 0.15) is 17.2 Å². The minimum Gasteiger partial charge on any atom is -0.377 e. The summed E-state index contributed by atoms with van der Waals surface area (Å²) >= 11 is 0. The molecule has 27 heavy (non-hydrogen) atoms. The van der Waals surface area contributed by atoms with Crippen LogP contribution < -0.4 is 4.90 Å². The maximum atomic E-state index is 12.0. The van der Waals surface area contributed by atoms with Crippen molar-refractivity contribution < 1.29 is 13.2 Å². The number of rotatable bonds is 4. The van der Waals surface area contributed by atoms with E-state index >= 15 is 0 Å². The second kappa shape index (κ2) is 6.82. The molecule has 0 amide bonds. The summed E-state index contributed by atoms with van der Waals surface area (Å²) in [6.45, 7) is 4.10. The van der Waals surface area contributed by atoms with E-state index in [0.29, 0.717) is 18.9 Å². The van der Waals surface area contributed by atoms with Crippen LogP contribution in [0.25, 0.3) is 17.1 Å². The summed E-state index contributed by atoms with van der Waals surface area (Å²) in [7, 11) is -3.31. The van der Waals surface area contributed by atoms with Crippen molar-refractivity contribution in [1.82, 2.24) is 20.0 Å². The number of hydrogen-bond acceptors (Lipinski definition) is 6. The maximum absolute atomic E-state index is 12.0. The van der Waals surface area contributed by atoms with E-state index in [1.165, 1.54) is 6.26 Å². The number of aromatic nitrogens is 4. The predicted molar refractivity (Wildman–Crippen MR) is 102 cm³/mol. The molecule has 0 bridgehead atoms. The SMILES string of the molecule is C[C@@H]1COCCN1c1cc(-c2cc[nH]n2)nn1-c1cccc(S(C)(=O)=O)c1. The number of H-pyrrole nitrogens is 1. The molecule has 3 aromatic rings. The van der Waals surface area contributed by atoms with E-state index in [0.717, 1.165) is 23.8 Å². The highest BCUT2D eigenvalue weighted by Gasteiger charge is 2.25. The van der Waals surface area contributed by atoms with Gasteiger partial charge < -0.3 is 9.64 Å². The number of benzene rings is 1. The highest BCUT2D eigenvalue weighted by molar-refractivity contribution is 7.90. The van der Waals surface area contributed by atoms with Crippen molar-refractivity contribution in [1.29, 1.82) is 0 Å². The number of nitrogens with one attached hydrogen (secondary N) is 1. The third-order valence-corrected chi connectivity index (χ3v) is 5.72. The van der Waals surface area contributed by atoms with Crippen molar-refractivity contribution in [2.45, 2.75) is 17.9 Å². The minimum atomic E-state index is -3.31. The Hall–Kier alpha value is -2.65. The largest absolute Gasteiger partial charge is 0.377 e. The average Bonchev–Trinajstić information content (AvgIpc) is 3.31. The molecule has 0 saturated carbocycles. The van der Waals surface area contributed by atoms with Crippen molar-refractivity contribution >= 4 is 15.7 Å². The lowest BCUT2D eigenvalue weighted by atomic mass is 10.2. The minimum absolute atomic E-state index is 0.180. The molecule has 9 heteroatoms. The highest BCUT2D eigenvalue weighted by atomic mass is 32.2. The van der Waals surface area contributed by atoms with Crippen LogP contribution in [-0.4, -0.2) is 60.5 Å². The Morgan fingerprint density at radius 3 is 2.78 bits per heavy atom. The third-order valence-electron chi connectivity index (χ3n) is 4.61. The van der Waals surface area contributed by atoms with Gasteiger partial charge in [-0.1, -0.05) is 6.07 Å².